The van der Waals surface area contributed by atoms with Crippen molar-refractivity contribution in [2.24, 2.45) is 0 Å². The topological polar surface area (TPSA) is 158 Å². The Balaban J connectivity index is 1.44. The number of aliphatic carboxylic acids is 1. The molecular formula is C21H24N2O10. The Morgan fingerprint density at radius 1 is 0.970 bits per heavy atom. The van der Waals surface area contributed by atoms with Gasteiger partial charge < -0.3 is 24.1 Å². The Morgan fingerprint density at radius 3 is 2.30 bits per heavy atom. The molecule has 1 saturated heterocycles. The number of nitrogens with zero attached hydrogens (tertiary/aromatic N) is 1. The van der Waals surface area contributed by atoms with Crippen molar-refractivity contribution in [3.05, 3.63) is 29.3 Å². The van der Waals surface area contributed by atoms with E-state index in [0.29, 0.717) is 0 Å². The Labute approximate surface area is 188 Å². The van der Waals surface area contributed by atoms with Crippen molar-refractivity contribution in [3.8, 4) is 5.75 Å². The molecule has 1 fully saturated rings. The molecule has 1 unspecified atom stereocenters. The number of nitrogens with one attached hydrogen (secondary N) is 1. The number of rotatable bonds is 13. The summed E-state index contributed by atoms with van der Waals surface area (Å²) < 4.78 is 21.1. The van der Waals surface area contributed by atoms with Crippen LogP contribution in [0.25, 0.3) is 0 Å². The van der Waals surface area contributed by atoms with Crippen LogP contribution in [0.2, 0.25) is 0 Å². The Bertz CT molecular complexity index is 932. The van der Waals surface area contributed by atoms with Gasteiger partial charge in [0.15, 0.2) is 0 Å². The predicted molar refractivity (Wildman–Crippen MR) is 109 cm³/mol. The van der Waals surface area contributed by atoms with Gasteiger partial charge in [0, 0.05) is 6.42 Å². The number of carbonyl (C=O) groups excluding carboxylic acids is 4. The number of ether oxygens (including phenoxy) is 4. The Morgan fingerprint density at radius 2 is 1.64 bits per heavy atom. The first-order valence-corrected chi connectivity index (χ1v) is 10.3. The van der Waals surface area contributed by atoms with Crippen LogP contribution in [0.3, 0.4) is 0 Å². The summed E-state index contributed by atoms with van der Waals surface area (Å²) in [7, 11) is 0. The van der Waals surface area contributed by atoms with Gasteiger partial charge >= 0.3 is 5.97 Å². The highest BCUT2D eigenvalue weighted by Crippen LogP contribution is 2.33. The third kappa shape index (κ3) is 6.12. The molecule has 1 aromatic carbocycles. The number of piperidine rings is 1. The van der Waals surface area contributed by atoms with Gasteiger partial charge in [-0.2, -0.15) is 0 Å². The maximum Gasteiger partial charge on any atom is 0.329 e. The van der Waals surface area contributed by atoms with Crippen molar-refractivity contribution in [2.75, 3.05) is 46.2 Å². The average Bonchev–Trinajstić information content (AvgIpc) is 3.03. The predicted octanol–water partition coefficient (Wildman–Crippen LogP) is -0.399. The van der Waals surface area contributed by atoms with Crippen LogP contribution in [-0.2, 0) is 28.6 Å². The minimum absolute atomic E-state index is 0.0452. The van der Waals surface area contributed by atoms with Crippen molar-refractivity contribution < 1.29 is 48.0 Å². The largest absolute Gasteiger partial charge is 0.490 e. The van der Waals surface area contributed by atoms with Gasteiger partial charge in [0.25, 0.3) is 11.8 Å². The van der Waals surface area contributed by atoms with Crippen LogP contribution < -0.4 is 10.1 Å². The lowest BCUT2D eigenvalue weighted by molar-refractivity contribution is -0.143. The third-order valence-corrected chi connectivity index (χ3v) is 4.88. The molecule has 0 spiro atoms. The van der Waals surface area contributed by atoms with Crippen molar-refractivity contribution in [1.29, 1.82) is 0 Å². The summed E-state index contributed by atoms with van der Waals surface area (Å²) in [5, 5.41) is 10.6. The number of imide groups is 2. The van der Waals surface area contributed by atoms with E-state index in [4.69, 9.17) is 24.1 Å². The van der Waals surface area contributed by atoms with Crippen LogP contribution in [0.4, 0.5) is 0 Å². The van der Waals surface area contributed by atoms with E-state index < -0.39 is 35.6 Å². The maximum absolute atomic E-state index is 12.9. The molecule has 2 N–H and O–H groups in total. The summed E-state index contributed by atoms with van der Waals surface area (Å²) in [4.78, 5) is 60.4. The van der Waals surface area contributed by atoms with Gasteiger partial charge in [-0.3, -0.25) is 29.4 Å². The number of benzene rings is 1. The number of carbonyl (C=O) groups is 5. The van der Waals surface area contributed by atoms with Gasteiger partial charge in [0.1, 0.15) is 25.0 Å². The molecule has 2 heterocycles. The lowest BCUT2D eigenvalue weighted by Crippen LogP contribution is -2.54. The highest BCUT2D eigenvalue weighted by Gasteiger charge is 2.45. The monoisotopic (exact) mass is 464 g/mol. The van der Waals surface area contributed by atoms with Gasteiger partial charge in [-0.1, -0.05) is 6.07 Å². The highest BCUT2D eigenvalue weighted by molar-refractivity contribution is 6.24. The third-order valence-electron chi connectivity index (χ3n) is 4.88. The molecule has 12 heteroatoms. The first kappa shape index (κ1) is 24.3. The fraction of sp³-hybridized carbons (Fsp3) is 0.476. The summed E-state index contributed by atoms with van der Waals surface area (Å²) in [5.41, 5.74) is 0.221. The normalized spacial score (nSPS) is 17.8. The van der Waals surface area contributed by atoms with E-state index in [2.05, 4.69) is 5.32 Å². The number of hydrogen-bond donors (Lipinski definition) is 2. The van der Waals surface area contributed by atoms with E-state index in [9.17, 15) is 24.0 Å². The second-order valence-electron chi connectivity index (χ2n) is 7.15. The van der Waals surface area contributed by atoms with Gasteiger partial charge in [-0.15, -0.1) is 0 Å². The molecule has 0 radical (unpaired) electrons. The van der Waals surface area contributed by atoms with Gasteiger partial charge in [0.05, 0.1) is 44.2 Å². The smallest absolute Gasteiger partial charge is 0.329 e. The zero-order chi connectivity index (χ0) is 23.8. The average molecular weight is 464 g/mol. The Hall–Kier alpha value is -3.35. The second-order valence-corrected chi connectivity index (χ2v) is 7.15. The van der Waals surface area contributed by atoms with E-state index >= 15 is 0 Å². The summed E-state index contributed by atoms with van der Waals surface area (Å²) in [6.07, 6.45) is 0.123. The first-order chi connectivity index (χ1) is 15.9. The molecule has 0 aliphatic carbocycles. The van der Waals surface area contributed by atoms with Crippen molar-refractivity contribution in [1.82, 2.24) is 10.2 Å². The minimum atomic E-state index is -1.04. The summed E-state index contributed by atoms with van der Waals surface area (Å²) in [5.74, 6) is -3.19. The standard InChI is InChI=1S/C21H24N2O10/c24-16-5-4-14(19(27)22-16)23-20(28)13-2-1-3-15(18(13)21(23)29)33-11-10-31-7-6-30-8-9-32-12-17(25)26/h1-3,14H,4-12H2,(H,25,26)(H,22,24,27). The molecule has 1 atom stereocenters. The maximum atomic E-state index is 12.9. The lowest BCUT2D eigenvalue weighted by atomic mass is 10.0. The summed E-state index contributed by atoms with van der Waals surface area (Å²) in [6.45, 7) is 0.889. The molecule has 178 valence electrons. The van der Waals surface area contributed by atoms with Crippen LogP contribution in [-0.4, -0.2) is 91.9 Å². The van der Waals surface area contributed by atoms with Crippen LogP contribution in [0, 0.1) is 0 Å². The van der Waals surface area contributed by atoms with Crippen molar-refractivity contribution in [3.63, 3.8) is 0 Å². The van der Waals surface area contributed by atoms with Crippen LogP contribution in [0.15, 0.2) is 18.2 Å². The van der Waals surface area contributed by atoms with Crippen molar-refractivity contribution >= 4 is 29.6 Å². The highest BCUT2D eigenvalue weighted by atomic mass is 16.6. The second kappa shape index (κ2) is 11.5. The molecule has 33 heavy (non-hydrogen) atoms. The fourth-order valence-corrected chi connectivity index (χ4v) is 3.41. The van der Waals surface area contributed by atoms with E-state index in [1.54, 1.807) is 12.1 Å². The quantitative estimate of drug-likeness (QED) is 0.291. The van der Waals surface area contributed by atoms with E-state index in [1.165, 1.54) is 6.07 Å². The van der Waals surface area contributed by atoms with Gasteiger partial charge in [-0.05, 0) is 18.6 Å². The molecule has 12 nitrogen and oxygen atoms in total. The number of carboxylic acid groups (broad SMARTS) is 1. The molecule has 1 aromatic rings. The lowest BCUT2D eigenvalue weighted by Gasteiger charge is -2.27. The number of fused-ring (bicyclic) bond motifs is 1. The number of carboxylic acids is 1. The Kier molecular flexibility index (Phi) is 8.46. The summed E-state index contributed by atoms with van der Waals surface area (Å²) in [6, 6.07) is 3.58. The van der Waals surface area contributed by atoms with E-state index in [1.807, 2.05) is 0 Å². The first-order valence-electron chi connectivity index (χ1n) is 10.3. The van der Waals surface area contributed by atoms with Crippen molar-refractivity contribution in [2.45, 2.75) is 18.9 Å². The van der Waals surface area contributed by atoms with Crippen LogP contribution in [0.5, 0.6) is 5.75 Å². The zero-order valence-corrected chi connectivity index (χ0v) is 17.7. The van der Waals surface area contributed by atoms with Gasteiger partial charge in [-0.25, -0.2) is 4.79 Å². The molecule has 3 rings (SSSR count). The fourth-order valence-electron chi connectivity index (χ4n) is 3.41. The molecule has 4 amide bonds. The number of hydrogen-bond acceptors (Lipinski definition) is 9. The molecule has 0 bridgehead atoms. The molecular weight excluding hydrogens is 440 g/mol. The number of amides is 4. The van der Waals surface area contributed by atoms with Gasteiger partial charge in [0.2, 0.25) is 11.8 Å². The van der Waals surface area contributed by atoms with E-state index in [0.717, 1.165) is 4.90 Å². The SMILES string of the molecule is O=C(O)COCCOCCOCCOc1cccc2c1C(=O)N(C1CCC(=O)NC1=O)C2=O. The van der Waals surface area contributed by atoms with Crippen LogP contribution >= 0.6 is 0 Å². The van der Waals surface area contributed by atoms with Crippen LogP contribution in [0.1, 0.15) is 33.6 Å². The zero-order valence-electron chi connectivity index (χ0n) is 17.7. The minimum Gasteiger partial charge on any atom is -0.490 e. The summed E-state index contributed by atoms with van der Waals surface area (Å²) >= 11 is 0. The van der Waals surface area contributed by atoms with E-state index in [-0.39, 0.29) is 76.0 Å². The molecule has 0 aromatic heterocycles. The molecule has 2 aliphatic rings. The molecule has 2 aliphatic heterocycles. The molecule has 0 saturated carbocycles.